The molecule has 0 spiro atoms. The Morgan fingerprint density at radius 3 is 2.52 bits per heavy atom. The molecule has 0 saturated carbocycles. The largest absolute Gasteiger partial charge is 0.342 e. The smallest absolute Gasteiger partial charge is 0.256 e. The minimum atomic E-state index is -0.209. The number of hydrogen-bond acceptors (Lipinski definition) is 4. The number of anilines is 1. The molecule has 5 aromatic rings. The van der Waals surface area contributed by atoms with Crippen molar-refractivity contribution in [1.82, 2.24) is 24.7 Å². The number of benzene rings is 2. The number of imidazole rings is 1. The summed E-state index contributed by atoms with van der Waals surface area (Å²) < 4.78 is 1.81. The van der Waals surface area contributed by atoms with Crippen LogP contribution in [0.25, 0.3) is 33.7 Å². The highest BCUT2D eigenvalue weighted by Crippen LogP contribution is 2.27. The first-order valence-corrected chi connectivity index (χ1v) is 10.9. The van der Waals surface area contributed by atoms with Crippen LogP contribution in [0.4, 0.5) is 5.69 Å². The second-order valence-electron chi connectivity index (χ2n) is 7.95. The summed E-state index contributed by atoms with van der Waals surface area (Å²) in [6.07, 6.45) is 1.71. The number of amides is 1. The molecule has 0 aliphatic heterocycles. The van der Waals surface area contributed by atoms with Crippen molar-refractivity contribution in [2.24, 2.45) is 0 Å². The predicted octanol–water partition coefficient (Wildman–Crippen LogP) is 5.38. The van der Waals surface area contributed by atoms with Crippen molar-refractivity contribution in [3.8, 4) is 22.6 Å². The zero-order valence-electron chi connectivity index (χ0n) is 18.8. The highest BCUT2D eigenvalue weighted by atomic mass is 16.1. The van der Waals surface area contributed by atoms with E-state index in [0.717, 1.165) is 39.4 Å². The van der Waals surface area contributed by atoms with E-state index in [0.29, 0.717) is 23.4 Å². The van der Waals surface area contributed by atoms with E-state index < -0.39 is 0 Å². The number of nitrogens with zero attached hydrogens (tertiary/aromatic N) is 4. The molecule has 7 heteroatoms. The summed E-state index contributed by atoms with van der Waals surface area (Å²) >= 11 is 0. The van der Waals surface area contributed by atoms with E-state index in [4.69, 9.17) is 4.98 Å². The number of nitrogens with one attached hydrogen (secondary N) is 2. The molecule has 0 fully saturated rings. The summed E-state index contributed by atoms with van der Waals surface area (Å²) in [5.74, 6) is 0.571. The van der Waals surface area contributed by atoms with E-state index in [-0.39, 0.29) is 5.91 Å². The highest BCUT2D eigenvalue weighted by Gasteiger charge is 2.18. The Labute approximate surface area is 191 Å². The van der Waals surface area contributed by atoms with Crippen LogP contribution in [-0.4, -0.2) is 30.6 Å². The zero-order valence-corrected chi connectivity index (χ0v) is 18.8. The second-order valence-corrected chi connectivity index (χ2v) is 7.95. The van der Waals surface area contributed by atoms with Gasteiger partial charge in [0.15, 0.2) is 5.65 Å². The molecular formula is C26H24N6O. The highest BCUT2D eigenvalue weighted by molar-refractivity contribution is 6.12. The lowest BCUT2D eigenvalue weighted by Gasteiger charge is -2.10. The Morgan fingerprint density at radius 1 is 1.00 bits per heavy atom. The first-order chi connectivity index (χ1) is 16.0. The third-order valence-electron chi connectivity index (χ3n) is 5.74. The van der Waals surface area contributed by atoms with Gasteiger partial charge in [-0.2, -0.15) is 5.10 Å². The fourth-order valence-corrected chi connectivity index (χ4v) is 3.85. The molecule has 164 valence electrons. The van der Waals surface area contributed by atoms with Crippen LogP contribution in [0.5, 0.6) is 0 Å². The van der Waals surface area contributed by atoms with Gasteiger partial charge in [0.1, 0.15) is 5.82 Å². The molecule has 0 aliphatic rings. The third-order valence-corrected chi connectivity index (χ3v) is 5.74. The van der Waals surface area contributed by atoms with Gasteiger partial charge in [0.05, 0.1) is 28.5 Å². The van der Waals surface area contributed by atoms with Crippen LogP contribution in [0.15, 0.2) is 66.9 Å². The van der Waals surface area contributed by atoms with E-state index in [2.05, 4.69) is 20.4 Å². The van der Waals surface area contributed by atoms with Gasteiger partial charge in [-0.1, -0.05) is 42.5 Å². The number of fused-ring (bicyclic) bond motifs is 1. The van der Waals surface area contributed by atoms with Gasteiger partial charge in [-0.05, 0) is 39.0 Å². The number of rotatable bonds is 5. The van der Waals surface area contributed by atoms with Crippen molar-refractivity contribution in [3.63, 3.8) is 0 Å². The number of carbonyl (C=O) groups is 1. The monoisotopic (exact) mass is 436 g/mol. The maximum Gasteiger partial charge on any atom is 0.256 e. The molecule has 0 bridgehead atoms. The number of H-pyrrole nitrogens is 1. The van der Waals surface area contributed by atoms with Crippen LogP contribution >= 0.6 is 0 Å². The minimum Gasteiger partial charge on any atom is -0.342 e. The van der Waals surface area contributed by atoms with Gasteiger partial charge in [-0.25, -0.2) is 14.6 Å². The molecule has 1 amide bonds. The lowest BCUT2D eigenvalue weighted by Crippen LogP contribution is -2.13. The van der Waals surface area contributed by atoms with Crippen LogP contribution < -0.4 is 5.32 Å². The summed E-state index contributed by atoms with van der Waals surface area (Å²) in [5.41, 5.74) is 6.50. The number of carbonyl (C=O) groups excluding carboxylic acids is 1. The molecule has 5 rings (SSSR count). The van der Waals surface area contributed by atoms with Crippen molar-refractivity contribution in [1.29, 1.82) is 0 Å². The van der Waals surface area contributed by atoms with E-state index in [9.17, 15) is 4.79 Å². The lowest BCUT2D eigenvalue weighted by atomic mass is 10.1. The molecule has 2 N–H and O–H groups in total. The van der Waals surface area contributed by atoms with Crippen molar-refractivity contribution in [2.75, 3.05) is 5.32 Å². The van der Waals surface area contributed by atoms with Crippen LogP contribution in [-0.2, 0) is 6.54 Å². The number of aryl methyl sites for hydroxylation is 3. The van der Waals surface area contributed by atoms with Crippen LogP contribution in [0, 0.1) is 13.8 Å². The standard InChI is InChI=1S/C26H24N6O/c1-4-32-25-22(15-27-32)21(14-23(31-25)18-9-6-5-7-10-18)26(33)30-20-12-8-11-19(13-20)24-28-16(2)17(3)29-24/h5-15H,4H2,1-3H3,(H,28,29)(H,30,33). The number of pyridine rings is 1. The minimum absolute atomic E-state index is 0.209. The predicted molar refractivity (Wildman–Crippen MR) is 130 cm³/mol. The third kappa shape index (κ3) is 3.89. The van der Waals surface area contributed by atoms with Crippen LogP contribution in [0.2, 0.25) is 0 Å². The Morgan fingerprint density at radius 2 is 1.79 bits per heavy atom. The molecule has 0 unspecified atom stereocenters. The molecule has 2 aromatic carbocycles. The number of hydrogen-bond donors (Lipinski definition) is 2. The van der Waals surface area contributed by atoms with Gasteiger partial charge < -0.3 is 10.3 Å². The summed E-state index contributed by atoms with van der Waals surface area (Å²) in [6.45, 7) is 6.63. The average Bonchev–Trinajstić information content (AvgIpc) is 3.41. The Kier molecular flexibility index (Phi) is 5.22. The molecule has 0 aliphatic carbocycles. The van der Waals surface area contributed by atoms with Gasteiger partial charge in [0.25, 0.3) is 5.91 Å². The SMILES string of the molecule is CCn1ncc2c(C(=O)Nc3cccc(-c4nc(C)c(C)[nH]4)c3)cc(-c3ccccc3)nc21. The Bertz CT molecular complexity index is 1450. The summed E-state index contributed by atoms with van der Waals surface area (Å²) in [7, 11) is 0. The number of aromatic amines is 1. The van der Waals surface area contributed by atoms with Gasteiger partial charge in [-0.3, -0.25) is 4.79 Å². The van der Waals surface area contributed by atoms with E-state index >= 15 is 0 Å². The summed E-state index contributed by atoms with van der Waals surface area (Å²) in [6, 6.07) is 19.3. The Hall–Kier alpha value is -4.26. The zero-order chi connectivity index (χ0) is 22.9. The van der Waals surface area contributed by atoms with Crippen molar-refractivity contribution in [3.05, 3.63) is 83.8 Å². The molecule has 7 nitrogen and oxygen atoms in total. The molecule has 3 aromatic heterocycles. The number of aromatic nitrogens is 5. The first-order valence-electron chi connectivity index (χ1n) is 10.9. The van der Waals surface area contributed by atoms with Gasteiger partial charge in [0.2, 0.25) is 0 Å². The van der Waals surface area contributed by atoms with Gasteiger partial charge in [-0.15, -0.1) is 0 Å². The fraction of sp³-hybridized carbons (Fsp3) is 0.154. The van der Waals surface area contributed by atoms with Crippen molar-refractivity contribution >= 4 is 22.6 Å². The molecular weight excluding hydrogens is 412 g/mol. The van der Waals surface area contributed by atoms with Crippen LogP contribution in [0.1, 0.15) is 28.7 Å². The molecule has 0 atom stereocenters. The second kappa shape index (κ2) is 8.35. The van der Waals surface area contributed by atoms with E-state index in [1.165, 1.54) is 0 Å². The van der Waals surface area contributed by atoms with E-state index in [1.807, 2.05) is 81.4 Å². The first kappa shape index (κ1) is 20.6. The normalized spacial score (nSPS) is 11.1. The molecule has 33 heavy (non-hydrogen) atoms. The van der Waals surface area contributed by atoms with Crippen molar-refractivity contribution < 1.29 is 4.79 Å². The topological polar surface area (TPSA) is 88.5 Å². The van der Waals surface area contributed by atoms with Gasteiger partial charge in [0, 0.05) is 29.1 Å². The molecule has 3 heterocycles. The Balaban J connectivity index is 1.53. The lowest BCUT2D eigenvalue weighted by molar-refractivity contribution is 0.102. The molecule has 0 saturated heterocycles. The average molecular weight is 437 g/mol. The summed E-state index contributed by atoms with van der Waals surface area (Å²) in [5, 5.41) is 8.19. The van der Waals surface area contributed by atoms with Crippen molar-refractivity contribution in [2.45, 2.75) is 27.3 Å². The molecule has 0 radical (unpaired) electrons. The maximum absolute atomic E-state index is 13.4. The maximum atomic E-state index is 13.4. The quantitative estimate of drug-likeness (QED) is 0.387. The van der Waals surface area contributed by atoms with E-state index in [1.54, 1.807) is 10.9 Å². The van der Waals surface area contributed by atoms with Crippen LogP contribution in [0.3, 0.4) is 0 Å². The van der Waals surface area contributed by atoms with Gasteiger partial charge >= 0.3 is 0 Å². The fourth-order valence-electron chi connectivity index (χ4n) is 3.85. The summed E-state index contributed by atoms with van der Waals surface area (Å²) in [4.78, 5) is 26.1.